The topological polar surface area (TPSA) is 17.1 Å². The van der Waals surface area contributed by atoms with Crippen molar-refractivity contribution in [3.8, 4) is 0 Å². The Balaban J connectivity index is 2.29. The van der Waals surface area contributed by atoms with E-state index in [1.54, 1.807) is 0 Å². The van der Waals surface area contributed by atoms with Crippen LogP contribution in [0.25, 0.3) is 0 Å². The lowest BCUT2D eigenvalue weighted by atomic mass is 10.0. The van der Waals surface area contributed by atoms with Crippen molar-refractivity contribution in [3.05, 3.63) is 35.4 Å². The van der Waals surface area contributed by atoms with Crippen LogP contribution in [-0.4, -0.2) is 5.12 Å². The van der Waals surface area contributed by atoms with E-state index in [-0.39, 0.29) is 5.12 Å². The molecule has 1 aromatic carbocycles. The van der Waals surface area contributed by atoms with Crippen LogP contribution in [0.4, 0.5) is 0 Å². The average Bonchev–Trinajstić information content (AvgIpc) is 2.29. The van der Waals surface area contributed by atoms with Crippen molar-refractivity contribution in [1.29, 1.82) is 0 Å². The number of hydrogen-bond acceptors (Lipinski definition) is 1. The third-order valence-corrected chi connectivity index (χ3v) is 3.03. The third kappa shape index (κ3) is 4.84. The minimum Gasteiger partial charge on any atom is -0.282 e. The fourth-order valence-electron chi connectivity index (χ4n) is 1.75. The molecule has 0 fully saturated rings. The van der Waals surface area contributed by atoms with Crippen molar-refractivity contribution in [2.75, 3.05) is 0 Å². The van der Waals surface area contributed by atoms with Gasteiger partial charge >= 0.3 is 0 Å². The van der Waals surface area contributed by atoms with Crippen molar-refractivity contribution in [2.45, 2.75) is 45.4 Å². The van der Waals surface area contributed by atoms with Gasteiger partial charge in [0.05, 0.1) is 0 Å². The Hall–Kier alpha value is -0.760. The highest BCUT2D eigenvalue weighted by Crippen LogP contribution is 2.11. The van der Waals surface area contributed by atoms with E-state index >= 15 is 0 Å². The Morgan fingerprint density at radius 1 is 1.06 bits per heavy atom. The first-order valence-electron chi connectivity index (χ1n) is 6.06. The first-order chi connectivity index (χ1) is 7.74. The lowest BCUT2D eigenvalue weighted by molar-refractivity contribution is 0.109. The molecule has 0 aliphatic rings. The van der Waals surface area contributed by atoms with Gasteiger partial charge in [-0.15, -0.1) is 12.6 Å². The summed E-state index contributed by atoms with van der Waals surface area (Å²) < 4.78 is 0. The Kier molecular flexibility index (Phi) is 6.24. The molecule has 0 amide bonds. The van der Waals surface area contributed by atoms with Crippen molar-refractivity contribution in [2.24, 2.45) is 0 Å². The van der Waals surface area contributed by atoms with Crippen LogP contribution in [0.3, 0.4) is 0 Å². The van der Waals surface area contributed by atoms with Gasteiger partial charge in [-0.3, -0.25) is 4.79 Å². The second kappa shape index (κ2) is 7.50. The summed E-state index contributed by atoms with van der Waals surface area (Å²) >= 11 is 3.79. The van der Waals surface area contributed by atoms with Crippen LogP contribution in [0.5, 0.6) is 0 Å². The van der Waals surface area contributed by atoms with Gasteiger partial charge in [0.2, 0.25) is 5.12 Å². The fourth-order valence-corrected chi connectivity index (χ4v) is 1.90. The van der Waals surface area contributed by atoms with E-state index in [0.717, 1.165) is 6.42 Å². The van der Waals surface area contributed by atoms with Crippen molar-refractivity contribution >= 4 is 17.7 Å². The van der Waals surface area contributed by atoms with E-state index in [1.165, 1.54) is 37.7 Å². The SMILES string of the molecule is CCCCCCCc1ccc(C(=O)S)cc1. The molecule has 16 heavy (non-hydrogen) atoms. The molecule has 0 aliphatic carbocycles. The highest BCUT2D eigenvalue weighted by molar-refractivity contribution is 7.97. The van der Waals surface area contributed by atoms with E-state index in [1.807, 2.05) is 24.3 Å². The molecule has 0 saturated heterocycles. The Morgan fingerprint density at radius 3 is 2.25 bits per heavy atom. The van der Waals surface area contributed by atoms with Gasteiger partial charge in [-0.2, -0.15) is 0 Å². The normalized spacial score (nSPS) is 10.4. The molecular weight excluding hydrogens is 216 g/mol. The van der Waals surface area contributed by atoms with Crippen molar-refractivity contribution in [3.63, 3.8) is 0 Å². The van der Waals surface area contributed by atoms with E-state index < -0.39 is 0 Å². The number of aryl methyl sites for hydroxylation is 1. The number of carbonyl (C=O) groups excluding carboxylic acids is 1. The standard InChI is InChI=1S/C14H20OS/c1-2-3-4-5-6-7-12-8-10-13(11-9-12)14(15)16/h8-11H,2-7H2,1H3,(H,15,16). The molecule has 0 atom stereocenters. The molecule has 0 bridgehead atoms. The number of benzene rings is 1. The summed E-state index contributed by atoms with van der Waals surface area (Å²) in [6, 6.07) is 7.78. The van der Waals surface area contributed by atoms with E-state index in [4.69, 9.17) is 0 Å². The van der Waals surface area contributed by atoms with Crippen molar-refractivity contribution in [1.82, 2.24) is 0 Å². The number of thiol groups is 1. The maximum absolute atomic E-state index is 11.0. The van der Waals surface area contributed by atoms with E-state index in [0.29, 0.717) is 5.56 Å². The van der Waals surface area contributed by atoms with Crippen LogP contribution in [0.1, 0.15) is 54.9 Å². The minimum absolute atomic E-state index is 0.158. The quantitative estimate of drug-likeness (QED) is 0.552. The summed E-state index contributed by atoms with van der Waals surface area (Å²) in [6.45, 7) is 2.23. The zero-order valence-electron chi connectivity index (χ0n) is 9.91. The summed E-state index contributed by atoms with van der Waals surface area (Å²) in [6.07, 6.45) is 7.63. The molecule has 0 aromatic heterocycles. The molecule has 1 rings (SSSR count). The molecular formula is C14H20OS. The molecule has 88 valence electrons. The lowest BCUT2D eigenvalue weighted by Gasteiger charge is -2.02. The Bertz CT molecular complexity index is 316. The second-order valence-corrected chi connectivity index (χ2v) is 4.57. The van der Waals surface area contributed by atoms with Gasteiger partial charge in [0.15, 0.2) is 0 Å². The average molecular weight is 236 g/mol. The summed E-state index contributed by atoms with van der Waals surface area (Å²) in [4.78, 5) is 11.0. The highest BCUT2D eigenvalue weighted by atomic mass is 32.1. The van der Waals surface area contributed by atoms with E-state index in [2.05, 4.69) is 19.6 Å². The van der Waals surface area contributed by atoms with Gasteiger partial charge < -0.3 is 0 Å². The molecule has 0 saturated carbocycles. The molecule has 0 N–H and O–H groups in total. The number of unbranched alkanes of at least 4 members (excludes halogenated alkanes) is 4. The summed E-state index contributed by atoms with van der Waals surface area (Å²) in [5, 5.41) is -0.158. The molecule has 2 heteroatoms. The summed E-state index contributed by atoms with van der Waals surface area (Å²) in [5.41, 5.74) is 1.99. The van der Waals surface area contributed by atoms with Crippen LogP contribution in [0.15, 0.2) is 24.3 Å². The van der Waals surface area contributed by atoms with Gasteiger partial charge in [0.1, 0.15) is 0 Å². The Labute approximate surface area is 104 Å². The number of rotatable bonds is 7. The molecule has 0 unspecified atom stereocenters. The zero-order valence-corrected chi connectivity index (χ0v) is 10.8. The predicted octanol–water partition coefficient (Wildman–Crippen LogP) is 4.27. The highest BCUT2D eigenvalue weighted by Gasteiger charge is 1.99. The fraction of sp³-hybridized carbons (Fsp3) is 0.500. The Morgan fingerprint density at radius 2 is 1.69 bits per heavy atom. The van der Waals surface area contributed by atoms with Crippen molar-refractivity contribution < 1.29 is 4.79 Å². The van der Waals surface area contributed by atoms with Crippen LogP contribution < -0.4 is 0 Å². The smallest absolute Gasteiger partial charge is 0.216 e. The lowest BCUT2D eigenvalue weighted by Crippen LogP contribution is -1.90. The minimum atomic E-state index is -0.158. The van der Waals surface area contributed by atoms with Gasteiger partial charge in [0.25, 0.3) is 0 Å². The maximum Gasteiger partial charge on any atom is 0.216 e. The summed E-state index contributed by atoms with van der Waals surface area (Å²) in [5.74, 6) is 0. The predicted molar refractivity (Wildman–Crippen MR) is 72.2 cm³/mol. The van der Waals surface area contributed by atoms with Gasteiger partial charge in [-0.25, -0.2) is 0 Å². The first-order valence-corrected chi connectivity index (χ1v) is 6.51. The number of carbonyl (C=O) groups is 1. The van der Waals surface area contributed by atoms with Crippen LogP contribution in [-0.2, 0) is 6.42 Å². The molecule has 1 nitrogen and oxygen atoms in total. The second-order valence-electron chi connectivity index (χ2n) is 4.17. The van der Waals surface area contributed by atoms with Crippen LogP contribution in [0.2, 0.25) is 0 Å². The summed E-state index contributed by atoms with van der Waals surface area (Å²) in [7, 11) is 0. The molecule has 0 radical (unpaired) electrons. The first kappa shape index (κ1) is 13.3. The molecule has 0 heterocycles. The molecule has 0 spiro atoms. The van der Waals surface area contributed by atoms with Crippen LogP contribution >= 0.6 is 12.6 Å². The van der Waals surface area contributed by atoms with Crippen LogP contribution in [0, 0.1) is 0 Å². The third-order valence-electron chi connectivity index (χ3n) is 2.77. The van der Waals surface area contributed by atoms with Gasteiger partial charge in [-0.05, 0) is 18.4 Å². The largest absolute Gasteiger partial charge is 0.282 e. The van der Waals surface area contributed by atoms with Gasteiger partial charge in [-0.1, -0.05) is 56.9 Å². The van der Waals surface area contributed by atoms with Gasteiger partial charge in [0, 0.05) is 5.56 Å². The maximum atomic E-state index is 11.0. The number of hydrogen-bond donors (Lipinski definition) is 1. The monoisotopic (exact) mass is 236 g/mol. The zero-order chi connectivity index (χ0) is 11.8. The molecule has 0 aliphatic heterocycles. The molecule has 1 aromatic rings. The van der Waals surface area contributed by atoms with E-state index in [9.17, 15) is 4.79 Å².